The van der Waals surface area contributed by atoms with E-state index >= 15 is 0 Å². The molecule has 0 bridgehead atoms. The third-order valence-corrected chi connectivity index (χ3v) is 3.91. The van der Waals surface area contributed by atoms with Crippen molar-refractivity contribution in [3.63, 3.8) is 0 Å². The molecule has 0 saturated carbocycles. The zero-order valence-corrected chi connectivity index (χ0v) is 12.4. The van der Waals surface area contributed by atoms with Gasteiger partial charge in [0.1, 0.15) is 0 Å². The van der Waals surface area contributed by atoms with Crippen molar-refractivity contribution in [1.29, 1.82) is 0 Å². The van der Waals surface area contributed by atoms with Crippen LogP contribution in [0, 0.1) is 0 Å². The van der Waals surface area contributed by atoms with E-state index in [2.05, 4.69) is 4.90 Å². The molecular formula is C15H22ClNO2. The first-order chi connectivity index (χ1) is 9.11. The maximum Gasteiger partial charge on any atom is 0.0776 e. The molecule has 1 aromatic carbocycles. The van der Waals surface area contributed by atoms with Gasteiger partial charge in [-0.1, -0.05) is 17.7 Å². The van der Waals surface area contributed by atoms with Crippen LogP contribution >= 0.6 is 11.6 Å². The standard InChI is InChI=1S/C15H22ClNO2/c1-3-19-13-5-4-8-17(10-13)12-6-7-14(11(2)18)15(16)9-12/h6-7,9,11,13,18H,3-5,8,10H2,1-2H3. The summed E-state index contributed by atoms with van der Waals surface area (Å²) in [7, 11) is 0. The van der Waals surface area contributed by atoms with E-state index in [0.717, 1.165) is 43.8 Å². The highest BCUT2D eigenvalue weighted by Gasteiger charge is 2.21. The number of nitrogens with zero attached hydrogens (tertiary/aromatic N) is 1. The van der Waals surface area contributed by atoms with Crippen LogP contribution in [0.4, 0.5) is 5.69 Å². The molecule has 2 unspecified atom stereocenters. The largest absolute Gasteiger partial charge is 0.389 e. The number of benzene rings is 1. The zero-order chi connectivity index (χ0) is 13.8. The Morgan fingerprint density at radius 1 is 1.53 bits per heavy atom. The van der Waals surface area contributed by atoms with E-state index in [1.54, 1.807) is 6.92 Å². The molecule has 0 aromatic heterocycles. The zero-order valence-electron chi connectivity index (χ0n) is 11.6. The average Bonchev–Trinajstić information content (AvgIpc) is 2.39. The Labute approximate surface area is 120 Å². The third kappa shape index (κ3) is 3.62. The molecule has 1 N–H and O–H groups in total. The van der Waals surface area contributed by atoms with E-state index < -0.39 is 6.10 Å². The first-order valence-corrected chi connectivity index (χ1v) is 7.33. The van der Waals surface area contributed by atoms with Crippen LogP contribution in [0.15, 0.2) is 18.2 Å². The Kier molecular flexibility index (Phi) is 5.08. The lowest BCUT2D eigenvalue weighted by Gasteiger charge is -2.34. The molecule has 1 fully saturated rings. The van der Waals surface area contributed by atoms with Crippen molar-refractivity contribution in [3.05, 3.63) is 28.8 Å². The van der Waals surface area contributed by atoms with Gasteiger partial charge in [-0.25, -0.2) is 0 Å². The summed E-state index contributed by atoms with van der Waals surface area (Å²) in [6.45, 7) is 6.48. The van der Waals surface area contributed by atoms with Gasteiger partial charge in [0.2, 0.25) is 0 Å². The molecule has 1 heterocycles. The SMILES string of the molecule is CCOC1CCCN(c2ccc(C(C)O)c(Cl)c2)C1. The first-order valence-electron chi connectivity index (χ1n) is 6.96. The molecule has 19 heavy (non-hydrogen) atoms. The fourth-order valence-corrected chi connectivity index (χ4v) is 2.93. The molecule has 1 saturated heterocycles. The predicted octanol–water partition coefficient (Wildman–Crippen LogP) is 3.40. The molecule has 0 spiro atoms. The van der Waals surface area contributed by atoms with Crippen LogP contribution in [0.25, 0.3) is 0 Å². The van der Waals surface area contributed by atoms with Gasteiger partial charge < -0.3 is 14.7 Å². The topological polar surface area (TPSA) is 32.7 Å². The number of piperidine rings is 1. The van der Waals surface area contributed by atoms with Gasteiger partial charge in [0.05, 0.1) is 12.2 Å². The number of rotatable bonds is 4. The number of aliphatic hydroxyl groups excluding tert-OH is 1. The van der Waals surface area contributed by atoms with E-state index in [4.69, 9.17) is 16.3 Å². The van der Waals surface area contributed by atoms with Crippen LogP contribution in [0.1, 0.15) is 38.4 Å². The summed E-state index contributed by atoms with van der Waals surface area (Å²) in [5.41, 5.74) is 1.89. The smallest absolute Gasteiger partial charge is 0.0776 e. The maximum absolute atomic E-state index is 9.60. The van der Waals surface area contributed by atoms with Gasteiger partial charge in [0, 0.05) is 30.4 Å². The van der Waals surface area contributed by atoms with E-state index in [1.807, 2.05) is 25.1 Å². The Morgan fingerprint density at radius 3 is 2.95 bits per heavy atom. The lowest BCUT2D eigenvalue weighted by atomic mass is 10.1. The van der Waals surface area contributed by atoms with Crippen molar-refractivity contribution in [3.8, 4) is 0 Å². The lowest BCUT2D eigenvalue weighted by molar-refractivity contribution is 0.0526. The Bertz CT molecular complexity index is 421. The molecule has 0 radical (unpaired) electrons. The fraction of sp³-hybridized carbons (Fsp3) is 0.600. The summed E-state index contributed by atoms with van der Waals surface area (Å²) in [4.78, 5) is 2.31. The van der Waals surface area contributed by atoms with Crippen LogP contribution in [0.3, 0.4) is 0 Å². The summed E-state index contributed by atoms with van der Waals surface area (Å²) >= 11 is 6.22. The van der Waals surface area contributed by atoms with Crippen molar-refractivity contribution >= 4 is 17.3 Å². The highest BCUT2D eigenvalue weighted by atomic mass is 35.5. The number of hydrogen-bond acceptors (Lipinski definition) is 3. The van der Waals surface area contributed by atoms with Gasteiger partial charge in [-0.05, 0) is 44.4 Å². The molecular weight excluding hydrogens is 262 g/mol. The Morgan fingerprint density at radius 2 is 2.32 bits per heavy atom. The Hall–Kier alpha value is -0.770. The average molecular weight is 284 g/mol. The van der Waals surface area contributed by atoms with Gasteiger partial charge in [-0.15, -0.1) is 0 Å². The molecule has 3 nitrogen and oxygen atoms in total. The van der Waals surface area contributed by atoms with Crippen LogP contribution in [0.5, 0.6) is 0 Å². The molecule has 0 aliphatic carbocycles. The second-order valence-corrected chi connectivity index (χ2v) is 5.45. The first kappa shape index (κ1) is 14.6. The minimum absolute atomic E-state index is 0.314. The van der Waals surface area contributed by atoms with E-state index in [9.17, 15) is 5.11 Å². The minimum Gasteiger partial charge on any atom is -0.389 e. The van der Waals surface area contributed by atoms with Crippen molar-refractivity contribution in [2.24, 2.45) is 0 Å². The van der Waals surface area contributed by atoms with Crippen LogP contribution in [0.2, 0.25) is 5.02 Å². The summed E-state index contributed by atoms with van der Waals surface area (Å²) in [6, 6.07) is 5.88. The van der Waals surface area contributed by atoms with Crippen molar-refractivity contribution in [1.82, 2.24) is 0 Å². The second-order valence-electron chi connectivity index (χ2n) is 5.05. The predicted molar refractivity (Wildman–Crippen MR) is 78.9 cm³/mol. The van der Waals surface area contributed by atoms with E-state index in [1.165, 1.54) is 0 Å². The number of anilines is 1. The van der Waals surface area contributed by atoms with Gasteiger partial charge in [-0.2, -0.15) is 0 Å². The molecule has 1 aliphatic rings. The van der Waals surface area contributed by atoms with Crippen molar-refractivity contribution in [2.45, 2.75) is 38.9 Å². The number of ether oxygens (including phenoxy) is 1. The van der Waals surface area contributed by atoms with Crippen LogP contribution in [-0.2, 0) is 4.74 Å². The molecule has 2 atom stereocenters. The third-order valence-electron chi connectivity index (χ3n) is 3.58. The van der Waals surface area contributed by atoms with Gasteiger partial charge in [0.15, 0.2) is 0 Å². The molecule has 106 valence electrons. The van der Waals surface area contributed by atoms with Crippen molar-refractivity contribution in [2.75, 3.05) is 24.6 Å². The summed E-state index contributed by atoms with van der Waals surface area (Å²) < 4.78 is 5.71. The van der Waals surface area contributed by atoms with Crippen LogP contribution in [-0.4, -0.2) is 30.9 Å². The number of aliphatic hydroxyl groups is 1. The molecule has 2 rings (SSSR count). The molecule has 1 aliphatic heterocycles. The molecule has 4 heteroatoms. The second kappa shape index (κ2) is 6.60. The Balaban J connectivity index is 2.11. The van der Waals surface area contributed by atoms with E-state index in [-0.39, 0.29) is 0 Å². The van der Waals surface area contributed by atoms with Crippen LogP contribution < -0.4 is 4.90 Å². The van der Waals surface area contributed by atoms with Gasteiger partial charge in [-0.3, -0.25) is 0 Å². The lowest BCUT2D eigenvalue weighted by Crippen LogP contribution is -2.39. The van der Waals surface area contributed by atoms with Gasteiger partial charge >= 0.3 is 0 Å². The number of hydrogen-bond donors (Lipinski definition) is 1. The quantitative estimate of drug-likeness (QED) is 0.919. The molecule has 0 amide bonds. The maximum atomic E-state index is 9.60. The fourth-order valence-electron chi connectivity index (χ4n) is 2.60. The van der Waals surface area contributed by atoms with Gasteiger partial charge in [0.25, 0.3) is 0 Å². The highest BCUT2D eigenvalue weighted by Crippen LogP contribution is 2.29. The summed E-state index contributed by atoms with van der Waals surface area (Å²) in [6.07, 6.45) is 2.05. The molecule has 1 aromatic rings. The van der Waals surface area contributed by atoms with E-state index in [0.29, 0.717) is 11.1 Å². The monoisotopic (exact) mass is 283 g/mol. The number of halogens is 1. The van der Waals surface area contributed by atoms with Crippen molar-refractivity contribution < 1.29 is 9.84 Å². The highest BCUT2D eigenvalue weighted by molar-refractivity contribution is 6.31. The summed E-state index contributed by atoms with van der Waals surface area (Å²) in [5, 5.41) is 10.2. The summed E-state index contributed by atoms with van der Waals surface area (Å²) in [5.74, 6) is 0. The minimum atomic E-state index is -0.529. The normalized spacial score (nSPS) is 21.5.